The minimum absolute atomic E-state index is 0.192. The van der Waals surface area contributed by atoms with Gasteiger partial charge in [0.1, 0.15) is 5.58 Å². The number of nitrogens with one attached hydrogen (secondary N) is 1. The molecule has 0 aliphatic heterocycles. The first-order valence-corrected chi connectivity index (χ1v) is 8.55. The number of benzene rings is 2. The van der Waals surface area contributed by atoms with Crippen molar-refractivity contribution in [1.82, 2.24) is 0 Å². The van der Waals surface area contributed by atoms with Crippen LogP contribution >= 0.6 is 23.2 Å². The second kappa shape index (κ2) is 7.82. The molecule has 0 fully saturated rings. The molecule has 1 amide bonds. The molecule has 3 rings (SSSR count). The molecule has 1 N–H and O–H groups in total. The van der Waals surface area contributed by atoms with E-state index in [9.17, 15) is 14.4 Å². The van der Waals surface area contributed by atoms with E-state index in [1.54, 1.807) is 18.2 Å². The van der Waals surface area contributed by atoms with Gasteiger partial charge in [0.2, 0.25) is 5.76 Å². The van der Waals surface area contributed by atoms with Gasteiger partial charge in [-0.1, -0.05) is 29.3 Å². The molecular formula is C19H13Cl2NO5. The van der Waals surface area contributed by atoms with E-state index in [4.69, 9.17) is 32.4 Å². The third-order valence-electron chi connectivity index (χ3n) is 3.68. The van der Waals surface area contributed by atoms with Gasteiger partial charge in [-0.25, -0.2) is 4.79 Å². The highest BCUT2D eigenvalue weighted by Crippen LogP contribution is 2.20. The highest BCUT2D eigenvalue weighted by atomic mass is 35.5. The van der Waals surface area contributed by atoms with E-state index >= 15 is 0 Å². The quantitative estimate of drug-likeness (QED) is 0.657. The van der Waals surface area contributed by atoms with Crippen molar-refractivity contribution in [2.75, 3.05) is 11.9 Å². The largest absolute Gasteiger partial charge is 0.450 e. The van der Waals surface area contributed by atoms with Crippen molar-refractivity contribution in [1.29, 1.82) is 0 Å². The maximum atomic E-state index is 12.1. The van der Waals surface area contributed by atoms with Gasteiger partial charge in [0.25, 0.3) is 5.91 Å². The van der Waals surface area contributed by atoms with Crippen molar-refractivity contribution in [3.8, 4) is 0 Å². The van der Waals surface area contributed by atoms with E-state index in [1.165, 1.54) is 18.2 Å². The summed E-state index contributed by atoms with van der Waals surface area (Å²) < 4.78 is 10.3. The van der Waals surface area contributed by atoms with Crippen molar-refractivity contribution in [3.63, 3.8) is 0 Å². The minimum Gasteiger partial charge on any atom is -0.450 e. The van der Waals surface area contributed by atoms with Gasteiger partial charge in [0.05, 0.1) is 5.39 Å². The maximum absolute atomic E-state index is 12.1. The van der Waals surface area contributed by atoms with Crippen molar-refractivity contribution in [3.05, 3.63) is 74.1 Å². The van der Waals surface area contributed by atoms with E-state index in [1.807, 2.05) is 6.92 Å². The molecule has 0 atom stereocenters. The van der Waals surface area contributed by atoms with Crippen molar-refractivity contribution in [2.45, 2.75) is 6.92 Å². The number of halogens is 2. The number of ether oxygens (including phenoxy) is 1. The number of carbonyl (C=O) groups is 2. The van der Waals surface area contributed by atoms with Gasteiger partial charge in [-0.3, -0.25) is 9.59 Å². The lowest BCUT2D eigenvalue weighted by molar-refractivity contribution is -0.119. The number of aryl methyl sites for hydroxylation is 1. The molecule has 2 aromatic carbocycles. The van der Waals surface area contributed by atoms with Crippen LogP contribution in [-0.2, 0) is 9.53 Å². The zero-order valence-corrected chi connectivity index (χ0v) is 15.6. The number of fused-ring (bicyclic) bond motifs is 1. The molecule has 0 aliphatic rings. The molecule has 138 valence electrons. The van der Waals surface area contributed by atoms with E-state index in [0.29, 0.717) is 15.7 Å². The summed E-state index contributed by atoms with van der Waals surface area (Å²) in [6.45, 7) is 1.29. The van der Waals surface area contributed by atoms with Crippen molar-refractivity contribution in [2.24, 2.45) is 0 Å². The number of hydrogen-bond donors (Lipinski definition) is 1. The molecule has 0 saturated carbocycles. The lowest BCUT2D eigenvalue weighted by Gasteiger charge is -2.08. The minimum atomic E-state index is -0.930. The van der Waals surface area contributed by atoms with Crippen LogP contribution in [0.5, 0.6) is 0 Å². The summed E-state index contributed by atoms with van der Waals surface area (Å²) >= 11 is 11.8. The standard InChI is InChI=1S/C19H13Cl2NO5/c1-10-2-4-12(7-14(10)21)22-18(24)9-26-19(25)17-8-15(23)13-6-11(20)3-5-16(13)27-17/h2-8H,9H2,1H3,(H,22,24). The van der Waals surface area contributed by atoms with Gasteiger partial charge < -0.3 is 14.5 Å². The van der Waals surface area contributed by atoms with Crippen LogP contribution < -0.4 is 10.7 Å². The van der Waals surface area contributed by atoms with Gasteiger partial charge in [0, 0.05) is 21.8 Å². The molecule has 0 aliphatic carbocycles. The monoisotopic (exact) mass is 405 g/mol. The number of carbonyl (C=O) groups excluding carboxylic acids is 2. The smallest absolute Gasteiger partial charge is 0.374 e. The van der Waals surface area contributed by atoms with Crippen LogP contribution in [0.25, 0.3) is 11.0 Å². The fraction of sp³-hybridized carbons (Fsp3) is 0.105. The summed E-state index contributed by atoms with van der Waals surface area (Å²) in [6, 6.07) is 10.5. The van der Waals surface area contributed by atoms with Crippen LogP contribution in [0, 0.1) is 6.92 Å². The molecule has 8 heteroatoms. The maximum Gasteiger partial charge on any atom is 0.374 e. The van der Waals surface area contributed by atoms with Crippen LogP contribution in [0.4, 0.5) is 5.69 Å². The Labute approximate surface area is 163 Å². The predicted octanol–water partition coefficient (Wildman–Crippen LogP) is 4.20. The summed E-state index contributed by atoms with van der Waals surface area (Å²) in [5.74, 6) is -1.79. The molecule has 0 bridgehead atoms. The molecule has 1 aromatic heterocycles. The highest BCUT2D eigenvalue weighted by molar-refractivity contribution is 6.31. The molecular weight excluding hydrogens is 393 g/mol. The first-order chi connectivity index (χ1) is 12.8. The Hall–Kier alpha value is -2.83. The summed E-state index contributed by atoms with van der Waals surface area (Å²) in [6.07, 6.45) is 0. The van der Waals surface area contributed by atoms with Crippen molar-refractivity contribution >= 4 is 51.7 Å². The zero-order valence-electron chi connectivity index (χ0n) is 14.0. The molecule has 0 saturated heterocycles. The number of esters is 1. The Balaban J connectivity index is 1.67. The Morgan fingerprint density at radius 1 is 1.11 bits per heavy atom. The normalized spacial score (nSPS) is 10.6. The zero-order chi connectivity index (χ0) is 19.6. The lowest BCUT2D eigenvalue weighted by Crippen LogP contribution is -2.21. The number of hydrogen-bond acceptors (Lipinski definition) is 5. The molecule has 0 unspecified atom stereocenters. The lowest BCUT2D eigenvalue weighted by atomic mass is 10.2. The average molecular weight is 406 g/mol. The topological polar surface area (TPSA) is 85.6 Å². The number of anilines is 1. The van der Waals surface area contributed by atoms with Gasteiger partial charge >= 0.3 is 5.97 Å². The fourth-order valence-corrected chi connectivity index (χ4v) is 2.65. The van der Waals surface area contributed by atoms with Crippen LogP contribution in [0.1, 0.15) is 16.1 Å². The third kappa shape index (κ3) is 4.48. The molecule has 1 heterocycles. The van der Waals surface area contributed by atoms with E-state index in [-0.39, 0.29) is 16.7 Å². The summed E-state index contributed by atoms with van der Waals surface area (Å²) in [7, 11) is 0. The molecule has 6 nitrogen and oxygen atoms in total. The highest BCUT2D eigenvalue weighted by Gasteiger charge is 2.16. The predicted molar refractivity (Wildman–Crippen MR) is 103 cm³/mol. The first kappa shape index (κ1) is 18.9. The van der Waals surface area contributed by atoms with Gasteiger partial charge in [-0.05, 0) is 42.8 Å². The SMILES string of the molecule is Cc1ccc(NC(=O)COC(=O)c2cc(=O)c3cc(Cl)ccc3o2)cc1Cl. The van der Waals surface area contributed by atoms with Crippen LogP contribution in [0.3, 0.4) is 0 Å². The van der Waals surface area contributed by atoms with Gasteiger partial charge in [-0.15, -0.1) is 0 Å². The number of amides is 1. The summed E-state index contributed by atoms with van der Waals surface area (Å²) in [4.78, 5) is 36.1. The van der Waals surface area contributed by atoms with Crippen molar-refractivity contribution < 1.29 is 18.7 Å². The van der Waals surface area contributed by atoms with Gasteiger partial charge in [0.15, 0.2) is 12.0 Å². The molecule has 27 heavy (non-hydrogen) atoms. The molecule has 0 radical (unpaired) electrons. The van der Waals surface area contributed by atoms with E-state index < -0.39 is 23.9 Å². The van der Waals surface area contributed by atoms with Crippen LogP contribution in [0.2, 0.25) is 10.0 Å². The van der Waals surface area contributed by atoms with Crippen LogP contribution in [0.15, 0.2) is 51.7 Å². The Morgan fingerprint density at radius 2 is 1.89 bits per heavy atom. The fourth-order valence-electron chi connectivity index (χ4n) is 2.30. The first-order valence-electron chi connectivity index (χ1n) is 7.80. The van der Waals surface area contributed by atoms with E-state index in [0.717, 1.165) is 11.6 Å². The molecule has 0 spiro atoms. The average Bonchev–Trinajstić information content (AvgIpc) is 2.63. The Bertz CT molecular complexity index is 1110. The molecule has 3 aromatic rings. The summed E-state index contributed by atoms with van der Waals surface area (Å²) in [5.41, 5.74) is 1.09. The second-order valence-corrected chi connectivity index (χ2v) is 6.55. The van der Waals surface area contributed by atoms with Gasteiger partial charge in [-0.2, -0.15) is 0 Å². The number of rotatable bonds is 4. The Morgan fingerprint density at radius 3 is 2.63 bits per heavy atom. The third-order valence-corrected chi connectivity index (χ3v) is 4.32. The second-order valence-electron chi connectivity index (χ2n) is 5.70. The van der Waals surface area contributed by atoms with E-state index in [2.05, 4.69) is 5.32 Å². The van der Waals surface area contributed by atoms with Crippen LogP contribution in [-0.4, -0.2) is 18.5 Å². The Kier molecular flexibility index (Phi) is 5.48. The summed E-state index contributed by atoms with van der Waals surface area (Å²) in [5, 5.41) is 3.68.